The zero-order chi connectivity index (χ0) is 27.2. The fraction of sp³-hybridized carbons (Fsp3) is 0.200. The molecule has 0 atom stereocenters. The van der Waals surface area contributed by atoms with Gasteiger partial charge in [0.25, 0.3) is 5.91 Å². The van der Waals surface area contributed by atoms with Gasteiger partial charge in [0.15, 0.2) is 0 Å². The molecule has 0 aromatic heterocycles. The predicted molar refractivity (Wildman–Crippen MR) is 128 cm³/mol. The number of carbonyl (C=O) groups excluding carboxylic acids is 2. The first-order valence-corrected chi connectivity index (χ1v) is 11.2. The van der Waals surface area contributed by atoms with E-state index in [4.69, 9.17) is 11.6 Å². The SMILES string of the molecule is O=C(NCCCN(C(=O)Nc1ccc(Cl)cc1)c1cccc(C(F)(F)F)c1)c1cccc(C(F)(F)F)c1. The highest BCUT2D eigenvalue weighted by molar-refractivity contribution is 6.30. The van der Waals surface area contributed by atoms with Crippen LogP contribution in [0.1, 0.15) is 27.9 Å². The number of alkyl halides is 6. The summed E-state index contributed by atoms with van der Waals surface area (Å²) < 4.78 is 78.3. The number of hydrogen-bond acceptors (Lipinski definition) is 2. The lowest BCUT2D eigenvalue weighted by molar-refractivity contribution is -0.138. The number of nitrogens with zero attached hydrogens (tertiary/aromatic N) is 1. The molecule has 3 aromatic rings. The number of urea groups is 1. The van der Waals surface area contributed by atoms with Crippen LogP contribution in [0.15, 0.2) is 72.8 Å². The number of benzene rings is 3. The molecule has 3 aromatic carbocycles. The number of amides is 3. The van der Waals surface area contributed by atoms with E-state index < -0.39 is 35.4 Å². The van der Waals surface area contributed by atoms with Crippen molar-refractivity contribution in [1.29, 1.82) is 0 Å². The van der Waals surface area contributed by atoms with Gasteiger partial charge in [-0.25, -0.2) is 4.79 Å². The third kappa shape index (κ3) is 7.88. The molecule has 0 saturated heterocycles. The Kier molecular flexibility index (Phi) is 8.69. The van der Waals surface area contributed by atoms with Gasteiger partial charge in [0.05, 0.1) is 11.1 Å². The Balaban J connectivity index is 1.71. The molecule has 0 bridgehead atoms. The lowest BCUT2D eigenvalue weighted by atomic mass is 10.1. The molecule has 0 spiro atoms. The summed E-state index contributed by atoms with van der Waals surface area (Å²) in [6.45, 7) is -0.164. The second kappa shape index (κ2) is 11.5. The average Bonchev–Trinajstić information content (AvgIpc) is 2.84. The van der Waals surface area contributed by atoms with Gasteiger partial charge in [0.2, 0.25) is 0 Å². The van der Waals surface area contributed by atoms with Crippen LogP contribution in [0.5, 0.6) is 0 Å². The third-order valence-electron chi connectivity index (χ3n) is 5.12. The van der Waals surface area contributed by atoms with Gasteiger partial charge in [-0.2, -0.15) is 26.3 Å². The molecule has 3 amide bonds. The molecule has 0 unspecified atom stereocenters. The highest BCUT2D eigenvalue weighted by Gasteiger charge is 2.32. The maximum absolute atomic E-state index is 13.2. The molecule has 196 valence electrons. The minimum atomic E-state index is -4.63. The van der Waals surface area contributed by atoms with Crippen LogP contribution in [0.4, 0.5) is 42.5 Å². The van der Waals surface area contributed by atoms with Gasteiger partial charge in [0, 0.05) is 35.1 Å². The molecular formula is C25H20ClF6N3O2. The van der Waals surface area contributed by atoms with E-state index in [1.165, 1.54) is 36.4 Å². The van der Waals surface area contributed by atoms with Crippen LogP contribution in [0, 0.1) is 0 Å². The van der Waals surface area contributed by atoms with Crippen LogP contribution in [0.2, 0.25) is 5.02 Å². The summed E-state index contributed by atoms with van der Waals surface area (Å²) in [5, 5.41) is 5.45. The summed E-state index contributed by atoms with van der Waals surface area (Å²) in [6.07, 6.45) is -9.15. The van der Waals surface area contributed by atoms with E-state index >= 15 is 0 Å². The van der Waals surface area contributed by atoms with Crippen LogP contribution in [0.25, 0.3) is 0 Å². The molecule has 0 aliphatic rings. The fourth-order valence-corrected chi connectivity index (χ4v) is 3.43. The first-order chi connectivity index (χ1) is 17.3. The van der Waals surface area contributed by atoms with E-state index in [9.17, 15) is 35.9 Å². The predicted octanol–water partition coefficient (Wildman–Crippen LogP) is 7.24. The van der Waals surface area contributed by atoms with Gasteiger partial charge in [0.1, 0.15) is 0 Å². The molecule has 12 heteroatoms. The molecule has 2 N–H and O–H groups in total. The van der Waals surface area contributed by atoms with Crippen molar-refractivity contribution in [3.8, 4) is 0 Å². The largest absolute Gasteiger partial charge is 0.416 e. The number of carbonyl (C=O) groups is 2. The molecule has 0 saturated carbocycles. The average molecular weight is 544 g/mol. The normalized spacial score (nSPS) is 11.6. The fourth-order valence-electron chi connectivity index (χ4n) is 3.30. The quantitative estimate of drug-likeness (QED) is 0.244. The molecule has 0 aliphatic heterocycles. The zero-order valence-corrected chi connectivity index (χ0v) is 19.7. The Hall–Kier alpha value is -3.73. The van der Waals surface area contributed by atoms with E-state index in [-0.39, 0.29) is 30.8 Å². The highest BCUT2D eigenvalue weighted by Crippen LogP contribution is 2.32. The monoisotopic (exact) mass is 543 g/mol. The topological polar surface area (TPSA) is 61.4 Å². The van der Waals surface area contributed by atoms with Crippen molar-refractivity contribution in [2.75, 3.05) is 23.3 Å². The first-order valence-electron chi connectivity index (χ1n) is 10.8. The van der Waals surface area contributed by atoms with E-state index in [0.717, 1.165) is 35.2 Å². The van der Waals surface area contributed by atoms with Crippen LogP contribution >= 0.6 is 11.6 Å². The summed E-state index contributed by atoms with van der Waals surface area (Å²) in [5.41, 5.74) is -1.82. The lowest BCUT2D eigenvalue weighted by Crippen LogP contribution is -2.37. The van der Waals surface area contributed by atoms with Crippen LogP contribution in [-0.2, 0) is 12.4 Å². The van der Waals surface area contributed by atoms with Gasteiger partial charge in [-0.1, -0.05) is 23.7 Å². The van der Waals surface area contributed by atoms with Crippen molar-refractivity contribution in [2.24, 2.45) is 0 Å². The van der Waals surface area contributed by atoms with Crippen molar-refractivity contribution in [3.63, 3.8) is 0 Å². The smallest absolute Gasteiger partial charge is 0.352 e. The maximum Gasteiger partial charge on any atom is 0.416 e. The second-order valence-corrected chi connectivity index (χ2v) is 8.26. The standard InChI is InChI=1S/C25H20ClF6N3O2/c26-19-8-10-20(11-9-19)34-23(37)35(21-7-2-6-18(15-21)25(30,31)32)13-3-12-33-22(36)16-4-1-5-17(14-16)24(27,28)29/h1-2,4-11,14-15H,3,12-13H2,(H,33,36)(H,34,37). The van der Waals surface area contributed by atoms with Gasteiger partial charge in [-0.15, -0.1) is 0 Å². The van der Waals surface area contributed by atoms with Crippen LogP contribution < -0.4 is 15.5 Å². The summed E-state index contributed by atoms with van der Waals surface area (Å²) in [4.78, 5) is 26.3. The van der Waals surface area contributed by atoms with Gasteiger partial charge >= 0.3 is 18.4 Å². The molecule has 5 nitrogen and oxygen atoms in total. The van der Waals surface area contributed by atoms with Gasteiger partial charge in [-0.3, -0.25) is 9.69 Å². The number of rotatable bonds is 7. The van der Waals surface area contributed by atoms with Crippen molar-refractivity contribution in [3.05, 3.63) is 94.5 Å². The second-order valence-electron chi connectivity index (χ2n) is 7.82. The third-order valence-corrected chi connectivity index (χ3v) is 5.37. The number of nitrogens with one attached hydrogen (secondary N) is 2. The molecular weight excluding hydrogens is 524 g/mol. The minimum absolute atomic E-state index is 0.0366. The molecule has 0 aliphatic carbocycles. The highest BCUT2D eigenvalue weighted by atomic mass is 35.5. The Morgan fingerprint density at radius 3 is 2.03 bits per heavy atom. The van der Waals surface area contributed by atoms with E-state index in [1.54, 1.807) is 0 Å². The maximum atomic E-state index is 13.2. The summed E-state index contributed by atoms with van der Waals surface area (Å²) in [5.74, 6) is -0.762. The van der Waals surface area contributed by atoms with Crippen LogP contribution in [0.3, 0.4) is 0 Å². The van der Waals surface area contributed by atoms with E-state index in [0.29, 0.717) is 16.8 Å². The van der Waals surface area contributed by atoms with Crippen molar-refractivity contribution < 1.29 is 35.9 Å². The summed E-state index contributed by atoms with van der Waals surface area (Å²) in [7, 11) is 0. The Labute approximate surface area is 213 Å². The zero-order valence-electron chi connectivity index (χ0n) is 19.0. The van der Waals surface area contributed by atoms with Gasteiger partial charge < -0.3 is 10.6 Å². The minimum Gasteiger partial charge on any atom is -0.352 e. The number of anilines is 2. The Morgan fingerprint density at radius 1 is 0.811 bits per heavy atom. The van der Waals surface area contributed by atoms with Crippen molar-refractivity contribution in [2.45, 2.75) is 18.8 Å². The van der Waals surface area contributed by atoms with Crippen LogP contribution in [-0.4, -0.2) is 25.0 Å². The van der Waals surface area contributed by atoms with E-state index in [2.05, 4.69) is 10.6 Å². The molecule has 3 rings (SSSR count). The number of halogens is 7. The molecule has 37 heavy (non-hydrogen) atoms. The molecule has 0 radical (unpaired) electrons. The van der Waals surface area contributed by atoms with Crippen molar-refractivity contribution in [1.82, 2.24) is 5.32 Å². The summed E-state index contributed by atoms with van der Waals surface area (Å²) in [6, 6.07) is 13.4. The first kappa shape index (κ1) is 27.9. The Bertz CT molecular complexity index is 1250. The van der Waals surface area contributed by atoms with E-state index in [1.807, 2.05) is 0 Å². The van der Waals surface area contributed by atoms with Gasteiger partial charge in [-0.05, 0) is 67.1 Å². The molecule has 0 heterocycles. The van der Waals surface area contributed by atoms with Crippen molar-refractivity contribution >= 4 is 34.9 Å². The molecule has 0 fully saturated rings. The summed E-state index contributed by atoms with van der Waals surface area (Å²) >= 11 is 5.83. The Morgan fingerprint density at radius 2 is 1.41 bits per heavy atom. The number of hydrogen-bond donors (Lipinski definition) is 2. The lowest BCUT2D eigenvalue weighted by Gasteiger charge is -2.24.